The summed E-state index contributed by atoms with van der Waals surface area (Å²) in [6.45, 7) is 1.90. The molecule has 1 aromatic heterocycles. The van der Waals surface area contributed by atoms with Crippen molar-refractivity contribution in [2.24, 2.45) is 0 Å². The lowest BCUT2D eigenvalue weighted by atomic mass is 9.95. The Hall–Kier alpha value is -0.960. The SMILES string of the molecule is Fc1cccnc1C1CCCNC1. The van der Waals surface area contributed by atoms with Gasteiger partial charge in [-0.15, -0.1) is 0 Å². The summed E-state index contributed by atoms with van der Waals surface area (Å²) >= 11 is 0. The standard InChI is InChI=1S/C10H13FN2/c11-9-4-2-6-13-10(9)8-3-1-5-12-7-8/h2,4,6,8,12H,1,3,5,7H2. The van der Waals surface area contributed by atoms with E-state index < -0.39 is 0 Å². The third kappa shape index (κ3) is 1.86. The minimum absolute atomic E-state index is 0.170. The summed E-state index contributed by atoms with van der Waals surface area (Å²) in [5, 5.41) is 3.25. The average Bonchev–Trinajstić information content (AvgIpc) is 2.20. The van der Waals surface area contributed by atoms with Crippen molar-refractivity contribution >= 4 is 0 Å². The zero-order chi connectivity index (χ0) is 9.10. The summed E-state index contributed by atoms with van der Waals surface area (Å²) in [4.78, 5) is 4.09. The maximum absolute atomic E-state index is 13.3. The molecule has 2 nitrogen and oxygen atoms in total. The van der Waals surface area contributed by atoms with Gasteiger partial charge >= 0.3 is 0 Å². The first kappa shape index (κ1) is 8.63. The molecule has 1 fully saturated rings. The van der Waals surface area contributed by atoms with Crippen LogP contribution in [0.15, 0.2) is 18.3 Å². The van der Waals surface area contributed by atoms with Crippen LogP contribution in [0.2, 0.25) is 0 Å². The lowest BCUT2D eigenvalue weighted by Gasteiger charge is -2.22. The number of pyridine rings is 1. The highest BCUT2D eigenvalue weighted by molar-refractivity contribution is 5.13. The highest BCUT2D eigenvalue weighted by Crippen LogP contribution is 2.22. The van der Waals surface area contributed by atoms with E-state index in [0.717, 1.165) is 25.9 Å². The predicted molar refractivity (Wildman–Crippen MR) is 49.0 cm³/mol. The van der Waals surface area contributed by atoms with Crippen LogP contribution in [0.4, 0.5) is 4.39 Å². The van der Waals surface area contributed by atoms with Crippen molar-refractivity contribution in [1.82, 2.24) is 10.3 Å². The van der Waals surface area contributed by atoms with Crippen LogP contribution in [0.3, 0.4) is 0 Å². The Balaban J connectivity index is 2.18. The monoisotopic (exact) mass is 180 g/mol. The van der Waals surface area contributed by atoms with Crippen LogP contribution in [0, 0.1) is 5.82 Å². The first-order valence-corrected chi connectivity index (χ1v) is 4.69. The van der Waals surface area contributed by atoms with Gasteiger partial charge in [-0.05, 0) is 31.5 Å². The molecule has 1 saturated heterocycles. The molecular formula is C10H13FN2. The van der Waals surface area contributed by atoms with Crippen LogP contribution in [0.25, 0.3) is 0 Å². The predicted octanol–water partition coefficient (Wildman–Crippen LogP) is 1.69. The zero-order valence-electron chi connectivity index (χ0n) is 7.46. The number of nitrogens with zero attached hydrogens (tertiary/aromatic N) is 1. The first-order valence-electron chi connectivity index (χ1n) is 4.69. The molecular weight excluding hydrogens is 167 g/mol. The van der Waals surface area contributed by atoms with Gasteiger partial charge in [-0.25, -0.2) is 4.39 Å². The summed E-state index contributed by atoms with van der Waals surface area (Å²) in [7, 11) is 0. The topological polar surface area (TPSA) is 24.9 Å². The van der Waals surface area contributed by atoms with Crippen molar-refractivity contribution in [2.75, 3.05) is 13.1 Å². The Labute approximate surface area is 77.2 Å². The zero-order valence-corrected chi connectivity index (χ0v) is 7.46. The number of piperidine rings is 1. The normalized spacial score (nSPS) is 23.0. The van der Waals surface area contributed by atoms with Gasteiger partial charge in [0.1, 0.15) is 5.82 Å². The van der Waals surface area contributed by atoms with Crippen LogP contribution in [0.1, 0.15) is 24.5 Å². The summed E-state index contributed by atoms with van der Waals surface area (Å²) in [5.41, 5.74) is 0.620. The van der Waals surface area contributed by atoms with Crippen LogP contribution >= 0.6 is 0 Å². The van der Waals surface area contributed by atoms with Gasteiger partial charge in [-0.1, -0.05) is 0 Å². The summed E-state index contributed by atoms with van der Waals surface area (Å²) in [5.74, 6) is 0.0890. The lowest BCUT2D eigenvalue weighted by Crippen LogP contribution is -2.29. The average molecular weight is 180 g/mol. The summed E-state index contributed by atoms with van der Waals surface area (Å²) < 4.78 is 13.3. The van der Waals surface area contributed by atoms with Gasteiger partial charge in [0.05, 0.1) is 5.69 Å². The molecule has 0 radical (unpaired) electrons. The van der Waals surface area contributed by atoms with Gasteiger partial charge in [-0.2, -0.15) is 0 Å². The van der Waals surface area contributed by atoms with Crippen LogP contribution in [0.5, 0.6) is 0 Å². The Morgan fingerprint density at radius 2 is 2.46 bits per heavy atom. The molecule has 1 aromatic rings. The van der Waals surface area contributed by atoms with Gasteiger partial charge in [0.15, 0.2) is 0 Å². The number of hydrogen-bond acceptors (Lipinski definition) is 2. The number of rotatable bonds is 1. The molecule has 1 aliphatic heterocycles. The minimum Gasteiger partial charge on any atom is -0.316 e. The van der Waals surface area contributed by atoms with E-state index in [-0.39, 0.29) is 11.7 Å². The highest BCUT2D eigenvalue weighted by atomic mass is 19.1. The molecule has 0 amide bonds. The second kappa shape index (κ2) is 3.83. The Kier molecular flexibility index (Phi) is 2.54. The first-order chi connectivity index (χ1) is 6.38. The third-order valence-electron chi connectivity index (χ3n) is 2.47. The van der Waals surface area contributed by atoms with Crippen molar-refractivity contribution in [2.45, 2.75) is 18.8 Å². The van der Waals surface area contributed by atoms with Crippen LogP contribution in [-0.4, -0.2) is 18.1 Å². The molecule has 0 aromatic carbocycles. The van der Waals surface area contributed by atoms with E-state index in [9.17, 15) is 4.39 Å². The Morgan fingerprint density at radius 1 is 1.54 bits per heavy atom. The fourth-order valence-corrected chi connectivity index (χ4v) is 1.78. The van der Waals surface area contributed by atoms with Crippen molar-refractivity contribution in [3.8, 4) is 0 Å². The molecule has 1 N–H and O–H groups in total. The summed E-state index contributed by atoms with van der Waals surface area (Å²) in [6.07, 6.45) is 3.81. The van der Waals surface area contributed by atoms with Crippen molar-refractivity contribution < 1.29 is 4.39 Å². The second-order valence-corrected chi connectivity index (χ2v) is 3.41. The molecule has 1 unspecified atom stereocenters. The highest BCUT2D eigenvalue weighted by Gasteiger charge is 2.18. The van der Waals surface area contributed by atoms with E-state index in [4.69, 9.17) is 0 Å². The van der Waals surface area contributed by atoms with E-state index in [1.165, 1.54) is 6.07 Å². The van der Waals surface area contributed by atoms with Crippen LogP contribution in [-0.2, 0) is 0 Å². The molecule has 0 aliphatic carbocycles. The Morgan fingerprint density at radius 3 is 3.15 bits per heavy atom. The molecule has 13 heavy (non-hydrogen) atoms. The Bertz CT molecular complexity index is 282. The molecule has 0 spiro atoms. The van der Waals surface area contributed by atoms with Gasteiger partial charge in [0, 0.05) is 18.7 Å². The van der Waals surface area contributed by atoms with Gasteiger partial charge in [0.2, 0.25) is 0 Å². The maximum atomic E-state index is 13.3. The number of nitrogens with one attached hydrogen (secondary N) is 1. The second-order valence-electron chi connectivity index (χ2n) is 3.41. The molecule has 1 atom stereocenters. The molecule has 3 heteroatoms. The van der Waals surface area contributed by atoms with E-state index >= 15 is 0 Å². The number of halogens is 1. The van der Waals surface area contributed by atoms with Crippen molar-refractivity contribution in [3.05, 3.63) is 29.8 Å². The molecule has 0 bridgehead atoms. The molecule has 0 saturated carbocycles. The van der Waals surface area contributed by atoms with Gasteiger partial charge in [0.25, 0.3) is 0 Å². The van der Waals surface area contributed by atoms with Crippen molar-refractivity contribution in [3.63, 3.8) is 0 Å². The van der Waals surface area contributed by atoms with Gasteiger partial charge < -0.3 is 5.32 Å². The lowest BCUT2D eigenvalue weighted by molar-refractivity contribution is 0.437. The molecule has 1 aliphatic rings. The van der Waals surface area contributed by atoms with E-state index in [0.29, 0.717) is 5.69 Å². The fourth-order valence-electron chi connectivity index (χ4n) is 1.78. The fraction of sp³-hybridized carbons (Fsp3) is 0.500. The smallest absolute Gasteiger partial charge is 0.145 e. The van der Waals surface area contributed by atoms with Gasteiger partial charge in [-0.3, -0.25) is 4.98 Å². The van der Waals surface area contributed by atoms with Crippen molar-refractivity contribution in [1.29, 1.82) is 0 Å². The minimum atomic E-state index is -0.170. The van der Waals surface area contributed by atoms with Crippen LogP contribution < -0.4 is 5.32 Å². The number of hydrogen-bond donors (Lipinski definition) is 1. The summed E-state index contributed by atoms with van der Waals surface area (Å²) in [6, 6.07) is 3.12. The van der Waals surface area contributed by atoms with E-state index in [1.54, 1.807) is 12.3 Å². The largest absolute Gasteiger partial charge is 0.316 e. The molecule has 2 heterocycles. The maximum Gasteiger partial charge on any atom is 0.145 e. The quantitative estimate of drug-likeness (QED) is 0.711. The number of aromatic nitrogens is 1. The third-order valence-corrected chi connectivity index (χ3v) is 2.47. The molecule has 70 valence electrons. The molecule has 2 rings (SSSR count). The van der Waals surface area contributed by atoms with E-state index in [2.05, 4.69) is 10.3 Å². The van der Waals surface area contributed by atoms with E-state index in [1.807, 2.05) is 0 Å².